The van der Waals surface area contributed by atoms with E-state index in [2.05, 4.69) is 20.9 Å². The van der Waals surface area contributed by atoms with E-state index in [1.807, 2.05) is 18.2 Å². The van der Waals surface area contributed by atoms with Crippen LogP contribution in [0.4, 0.5) is 0 Å². The fourth-order valence-corrected chi connectivity index (χ4v) is 1.77. The molecule has 17 heavy (non-hydrogen) atoms. The van der Waals surface area contributed by atoms with Crippen molar-refractivity contribution in [2.45, 2.75) is 6.54 Å². The molecule has 0 aliphatic carbocycles. The molecule has 1 aromatic carbocycles. The minimum absolute atomic E-state index is 0.415. The third-order valence-corrected chi connectivity index (χ3v) is 2.93. The van der Waals surface area contributed by atoms with Crippen LogP contribution in [0.15, 0.2) is 41.0 Å². The standard InChI is InChI=1S/C12H10BrClN2O/c13-8-1-4-11(14)12(5-8)17-10-3-2-9(6-15)16-7-10/h1-5,7H,6,15H2. The quantitative estimate of drug-likeness (QED) is 0.939. The molecule has 0 fully saturated rings. The van der Waals surface area contributed by atoms with Crippen molar-refractivity contribution in [3.05, 3.63) is 51.7 Å². The van der Waals surface area contributed by atoms with E-state index >= 15 is 0 Å². The minimum atomic E-state index is 0.415. The molecule has 1 heterocycles. The lowest BCUT2D eigenvalue weighted by Gasteiger charge is -2.07. The van der Waals surface area contributed by atoms with E-state index < -0.39 is 0 Å². The molecule has 88 valence electrons. The van der Waals surface area contributed by atoms with Crippen molar-refractivity contribution in [1.29, 1.82) is 0 Å². The van der Waals surface area contributed by atoms with Gasteiger partial charge in [-0.1, -0.05) is 27.5 Å². The van der Waals surface area contributed by atoms with Gasteiger partial charge in [-0.15, -0.1) is 0 Å². The number of ether oxygens (including phenoxy) is 1. The van der Waals surface area contributed by atoms with E-state index in [-0.39, 0.29) is 0 Å². The van der Waals surface area contributed by atoms with Crippen molar-refractivity contribution < 1.29 is 4.74 Å². The topological polar surface area (TPSA) is 48.1 Å². The Kier molecular flexibility index (Phi) is 3.99. The molecule has 0 radical (unpaired) electrons. The van der Waals surface area contributed by atoms with Crippen LogP contribution in [0.25, 0.3) is 0 Å². The normalized spacial score (nSPS) is 10.3. The number of benzene rings is 1. The number of halogens is 2. The summed E-state index contributed by atoms with van der Waals surface area (Å²) in [4.78, 5) is 4.14. The van der Waals surface area contributed by atoms with Gasteiger partial charge in [0, 0.05) is 11.0 Å². The minimum Gasteiger partial charge on any atom is -0.454 e. The Bertz CT molecular complexity index is 516. The molecule has 0 amide bonds. The number of hydrogen-bond donors (Lipinski definition) is 1. The predicted octanol–water partition coefficient (Wildman–Crippen LogP) is 3.75. The lowest BCUT2D eigenvalue weighted by molar-refractivity contribution is 0.479. The SMILES string of the molecule is NCc1ccc(Oc2cc(Br)ccc2Cl)cn1. The van der Waals surface area contributed by atoms with Crippen LogP contribution >= 0.6 is 27.5 Å². The van der Waals surface area contributed by atoms with Crippen LogP contribution in [0.3, 0.4) is 0 Å². The second kappa shape index (κ2) is 5.49. The Balaban J connectivity index is 2.22. The number of rotatable bonds is 3. The van der Waals surface area contributed by atoms with Crippen LogP contribution in [0.1, 0.15) is 5.69 Å². The molecule has 5 heteroatoms. The zero-order valence-electron chi connectivity index (χ0n) is 8.86. The molecule has 2 aromatic rings. The molecule has 0 bridgehead atoms. The fraction of sp³-hybridized carbons (Fsp3) is 0.0833. The highest BCUT2D eigenvalue weighted by atomic mass is 79.9. The zero-order valence-corrected chi connectivity index (χ0v) is 11.2. The molecule has 2 rings (SSSR count). The van der Waals surface area contributed by atoms with Crippen LogP contribution in [0.2, 0.25) is 5.02 Å². The van der Waals surface area contributed by atoms with Crippen LogP contribution in [0.5, 0.6) is 11.5 Å². The van der Waals surface area contributed by atoms with Crippen molar-refractivity contribution in [3.8, 4) is 11.5 Å². The smallest absolute Gasteiger partial charge is 0.147 e. The summed E-state index contributed by atoms with van der Waals surface area (Å²) in [6.45, 7) is 0.415. The van der Waals surface area contributed by atoms with E-state index in [0.29, 0.717) is 23.1 Å². The molecule has 0 aliphatic heterocycles. The average molecular weight is 314 g/mol. The number of nitrogens with two attached hydrogens (primary N) is 1. The second-order valence-corrected chi connectivity index (χ2v) is 4.69. The first-order valence-corrected chi connectivity index (χ1v) is 6.14. The van der Waals surface area contributed by atoms with Crippen molar-refractivity contribution in [2.24, 2.45) is 5.73 Å². The number of pyridine rings is 1. The lowest BCUT2D eigenvalue weighted by atomic mass is 10.3. The zero-order chi connectivity index (χ0) is 12.3. The van der Waals surface area contributed by atoms with Gasteiger partial charge < -0.3 is 10.5 Å². The summed E-state index contributed by atoms with van der Waals surface area (Å²) < 4.78 is 6.53. The highest BCUT2D eigenvalue weighted by molar-refractivity contribution is 9.10. The molecule has 2 N–H and O–H groups in total. The van der Waals surface area contributed by atoms with Gasteiger partial charge >= 0.3 is 0 Å². The Labute approximate surface area is 113 Å². The molecule has 0 spiro atoms. The van der Waals surface area contributed by atoms with Gasteiger partial charge in [0.2, 0.25) is 0 Å². The highest BCUT2D eigenvalue weighted by Gasteiger charge is 2.04. The molecule has 0 saturated carbocycles. The van der Waals surface area contributed by atoms with Crippen LogP contribution < -0.4 is 10.5 Å². The summed E-state index contributed by atoms with van der Waals surface area (Å²) in [5.41, 5.74) is 6.28. The van der Waals surface area contributed by atoms with Crippen LogP contribution in [-0.4, -0.2) is 4.98 Å². The number of hydrogen-bond acceptors (Lipinski definition) is 3. The summed E-state index contributed by atoms with van der Waals surface area (Å²) in [7, 11) is 0. The second-order valence-electron chi connectivity index (χ2n) is 3.37. The lowest BCUT2D eigenvalue weighted by Crippen LogP contribution is -1.98. The van der Waals surface area contributed by atoms with E-state index in [9.17, 15) is 0 Å². The molecule has 0 unspecified atom stereocenters. The number of nitrogens with zero attached hydrogens (tertiary/aromatic N) is 1. The van der Waals surface area contributed by atoms with Crippen LogP contribution in [0, 0.1) is 0 Å². The maximum Gasteiger partial charge on any atom is 0.147 e. The molecule has 1 aromatic heterocycles. The third kappa shape index (κ3) is 3.19. The monoisotopic (exact) mass is 312 g/mol. The summed E-state index contributed by atoms with van der Waals surface area (Å²) in [5, 5.41) is 0.552. The molecular formula is C12H10BrClN2O. The first-order valence-electron chi connectivity index (χ1n) is 4.97. The highest BCUT2D eigenvalue weighted by Crippen LogP contribution is 2.31. The van der Waals surface area contributed by atoms with E-state index in [0.717, 1.165) is 10.2 Å². The van der Waals surface area contributed by atoms with Crippen molar-refractivity contribution in [3.63, 3.8) is 0 Å². The van der Waals surface area contributed by atoms with Gasteiger partial charge in [0.15, 0.2) is 0 Å². The van der Waals surface area contributed by atoms with Gasteiger partial charge in [-0.05, 0) is 30.3 Å². The first kappa shape index (κ1) is 12.4. The molecule has 0 aliphatic rings. The van der Waals surface area contributed by atoms with Gasteiger partial charge in [0.05, 0.1) is 16.9 Å². The fourth-order valence-electron chi connectivity index (χ4n) is 1.27. The largest absolute Gasteiger partial charge is 0.454 e. The van der Waals surface area contributed by atoms with Crippen molar-refractivity contribution in [1.82, 2.24) is 4.98 Å². The Morgan fingerprint density at radius 2 is 2.12 bits per heavy atom. The third-order valence-electron chi connectivity index (χ3n) is 2.13. The maximum atomic E-state index is 6.02. The van der Waals surface area contributed by atoms with Gasteiger partial charge in [-0.25, -0.2) is 0 Å². The van der Waals surface area contributed by atoms with Crippen LogP contribution in [-0.2, 0) is 6.54 Å². The maximum absolute atomic E-state index is 6.02. The number of aromatic nitrogens is 1. The van der Waals surface area contributed by atoms with E-state index in [1.54, 1.807) is 18.3 Å². The summed E-state index contributed by atoms with van der Waals surface area (Å²) in [6.07, 6.45) is 1.62. The van der Waals surface area contributed by atoms with Crippen molar-refractivity contribution >= 4 is 27.5 Å². The van der Waals surface area contributed by atoms with Crippen molar-refractivity contribution in [2.75, 3.05) is 0 Å². The first-order chi connectivity index (χ1) is 8.19. The summed E-state index contributed by atoms with van der Waals surface area (Å²) in [5.74, 6) is 1.21. The molecule has 0 saturated heterocycles. The van der Waals surface area contributed by atoms with E-state index in [4.69, 9.17) is 22.1 Å². The van der Waals surface area contributed by atoms with Gasteiger partial charge in [0.25, 0.3) is 0 Å². The molecule has 3 nitrogen and oxygen atoms in total. The Hall–Kier alpha value is -1.10. The summed E-state index contributed by atoms with van der Waals surface area (Å²) >= 11 is 9.38. The Morgan fingerprint density at radius 3 is 2.76 bits per heavy atom. The molecular weight excluding hydrogens is 304 g/mol. The Morgan fingerprint density at radius 1 is 1.29 bits per heavy atom. The van der Waals surface area contributed by atoms with E-state index in [1.165, 1.54) is 0 Å². The predicted molar refractivity (Wildman–Crippen MR) is 71.4 cm³/mol. The van der Waals surface area contributed by atoms with Gasteiger partial charge in [0.1, 0.15) is 11.5 Å². The molecule has 0 atom stereocenters. The van der Waals surface area contributed by atoms with Gasteiger partial charge in [-0.3, -0.25) is 4.98 Å². The average Bonchev–Trinajstić information content (AvgIpc) is 2.35. The summed E-state index contributed by atoms with van der Waals surface area (Å²) in [6, 6.07) is 9.06. The van der Waals surface area contributed by atoms with Gasteiger partial charge in [-0.2, -0.15) is 0 Å².